The average Bonchev–Trinajstić information content (AvgIpc) is 2.53. The fraction of sp³-hybridized carbons (Fsp3) is 0.333. The van der Waals surface area contributed by atoms with Gasteiger partial charge in [0.05, 0.1) is 10.5 Å². The zero-order valence-electron chi connectivity index (χ0n) is 13.2. The summed E-state index contributed by atoms with van der Waals surface area (Å²) in [6.07, 6.45) is 0.166. The van der Waals surface area contributed by atoms with Crippen molar-refractivity contribution in [3.05, 3.63) is 69.9 Å². The van der Waals surface area contributed by atoms with Gasteiger partial charge in [0.15, 0.2) is 9.84 Å². The molecule has 6 heteroatoms. The predicted octanol–water partition coefficient (Wildman–Crippen LogP) is 3.65. The first-order chi connectivity index (χ1) is 11.4. The van der Waals surface area contributed by atoms with Crippen LogP contribution in [0.15, 0.2) is 53.0 Å². The summed E-state index contributed by atoms with van der Waals surface area (Å²) in [5.74, 6) is -0.381. The van der Waals surface area contributed by atoms with E-state index in [0.29, 0.717) is 16.6 Å². The van der Waals surface area contributed by atoms with Gasteiger partial charge in [-0.3, -0.25) is 0 Å². The van der Waals surface area contributed by atoms with E-state index in [1.807, 2.05) is 37.3 Å². The van der Waals surface area contributed by atoms with Gasteiger partial charge in [0.1, 0.15) is 5.82 Å². The number of hydrogen-bond acceptors (Lipinski definition) is 3. The lowest BCUT2D eigenvalue weighted by Crippen LogP contribution is -2.53. The molecule has 3 rings (SSSR count). The lowest BCUT2D eigenvalue weighted by molar-refractivity contribution is 0.447. The topological polar surface area (TPSA) is 46.2 Å². The van der Waals surface area contributed by atoms with Crippen molar-refractivity contribution < 1.29 is 12.8 Å². The van der Waals surface area contributed by atoms with E-state index in [9.17, 15) is 12.8 Å². The Bertz CT molecular complexity index is 826. The van der Waals surface area contributed by atoms with Gasteiger partial charge >= 0.3 is 0 Å². The molecule has 1 N–H and O–H groups in total. The lowest BCUT2D eigenvalue weighted by atomic mass is 10.0. The number of rotatable bonds is 3. The van der Waals surface area contributed by atoms with Gasteiger partial charge in [0, 0.05) is 17.1 Å². The van der Waals surface area contributed by atoms with Crippen molar-refractivity contribution in [1.29, 1.82) is 0 Å². The fourth-order valence-electron chi connectivity index (χ4n) is 3.21. The molecular weight excluding hydrogens is 393 g/mol. The van der Waals surface area contributed by atoms with Gasteiger partial charge in [-0.1, -0.05) is 52.3 Å². The van der Waals surface area contributed by atoms with Crippen LogP contribution in [0.2, 0.25) is 0 Å². The van der Waals surface area contributed by atoms with E-state index in [2.05, 4.69) is 21.2 Å². The molecule has 0 aromatic heterocycles. The van der Waals surface area contributed by atoms with Gasteiger partial charge in [-0.2, -0.15) is 0 Å². The maximum atomic E-state index is 14.2. The molecule has 1 aliphatic rings. The first-order valence-corrected chi connectivity index (χ1v) is 10.2. The summed E-state index contributed by atoms with van der Waals surface area (Å²) in [5.41, 5.74) is 1.20. The van der Waals surface area contributed by atoms with Gasteiger partial charge < -0.3 is 5.32 Å². The summed E-state index contributed by atoms with van der Waals surface area (Å²) < 4.78 is 41.1. The second-order valence-electron chi connectivity index (χ2n) is 6.16. The molecule has 3 nitrogen and oxygen atoms in total. The smallest absolute Gasteiger partial charge is 0.163 e. The molecule has 0 saturated carbocycles. The Labute approximate surface area is 150 Å². The van der Waals surface area contributed by atoms with E-state index in [0.717, 1.165) is 5.56 Å². The molecule has 2 aromatic rings. The molecule has 0 spiro atoms. The number of hydrogen-bond donors (Lipinski definition) is 1. The maximum Gasteiger partial charge on any atom is 0.163 e. The zero-order valence-corrected chi connectivity index (χ0v) is 15.6. The Morgan fingerprint density at radius 2 is 1.92 bits per heavy atom. The highest BCUT2D eigenvalue weighted by Crippen LogP contribution is 2.32. The molecule has 2 aromatic carbocycles. The van der Waals surface area contributed by atoms with Crippen LogP contribution in [0.4, 0.5) is 4.39 Å². The minimum Gasteiger partial charge on any atom is -0.311 e. The van der Waals surface area contributed by atoms with Crippen LogP contribution in [-0.2, 0) is 16.3 Å². The van der Waals surface area contributed by atoms with Crippen molar-refractivity contribution in [1.82, 2.24) is 5.32 Å². The third kappa shape index (κ3) is 3.41. The first-order valence-electron chi connectivity index (χ1n) is 7.84. The van der Waals surface area contributed by atoms with E-state index < -0.39 is 20.3 Å². The summed E-state index contributed by atoms with van der Waals surface area (Å²) >= 11 is 3.23. The van der Waals surface area contributed by atoms with Crippen LogP contribution in [0.1, 0.15) is 23.3 Å². The molecule has 24 heavy (non-hydrogen) atoms. The summed E-state index contributed by atoms with van der Waals surface area (Å²) in [6, 6.07) is 13.7. The molecule has 1 aliphatic heterocycles. The molecule has 2 unspecified atom stereocenters. The van der Waals surface area contributed by atoms with Crippen molar-refractivity contribution in [2.45, 2.75) is 29.9 Å². The standard InChI is InChI=1S/C18H19BrFNO2S/c1-12-17(9-14-7-8-15(19)10-16(14)20)24(22,23)18(11-21-12)13-5-3-2-4-6-13/h2-8,10,12,17-18,21H,9,11H2,1H3/t12-,17?,18?/m0/s1. The highest BCUT2D eigenvalue weighted by atomic mass is 79.9. The normalized spacial score (nSPS) is 26.2. The highest BCUT2D eigenvalue weighted by molar-refractivity contribution is 9.10. The third-order valence-corrected chi connectivity index (χ3v) is 7.75. The lowest BCUT2D eigenvalue weighted by Gasteiger charge is -2.35. The Hall–Kier alpha value is -1.24. The van der Waals surface area contributed by atoms with Gasteiger partial charge in [0.25, 0.3) is 0 Å². The number of nitrogens with one attached hydrogen (secondary N) is 1. The van der Waals surface area contributed by atoms with E-state index in [1.54, 1.807) is 12.1 Å². The minimum absolute atomic E-state index is 0.166. The van der Waals surface area contributed by atoms with Crippen LogP contribution < -0.4 is 5.32 Å². The minimum atomic E-state index is -3.43. The van der Waals surface area contributed by atoms with E-state index in [4.69, 9.17) is 0 Å². The fourth-order valence-corrected chi connectivity index (χ4v) is 5.91. The van der Waals surface area contributed by atoms with Crippen LogP contribution in [0.25, 0.3) is 0 Å². The summed E-state index contributed by atoms with van der Waals surface area (Å²) in [4.78, 5) is 0. The first kappa shape index (κ1) is 17.6. The molecule has 0 radical (unpaired) electrons. The maximum absolute atomic E-state index is 14.2. The predicted molar refractivity (Wildman–Crippen MR) is 97.2 cm³/mol. The number of benzene rings is 2. The van der Waals surface area contributed by atoms with Gasteiger partial charge in [-0.25, -0.2) is 12.8 Å². The summed E-state index contributed by atoms with van der Waals surface area (Å²) in [5, 5.41) is 2.02. The monoisotopic (exact) mass is 411 g/mol. The number of halogens is 2. The Morgan fingerprint density at radius 3 is 2.58 bits per heavy atom. The van der Waals surface area contributed by atoms with Crippen LogP contribution in [-0.4, -0.2) is 26.3 Å². The van der Waals surface area contributed by atoms with E-state index in [-0.39, 0.29) is 18.3 Å². The van der Waals surface area contributed by atoms with Gasteiger partial charge in [-0.05, 0) is 36.6 Å². The third-order valence-electron chi connectivity index (χ3n) is 4.61. The molecule has 1 fully saturated rings. The second kappa shape index (κ2) is 6.94. The van der Waals surface area contributed by atoms with E-state index in [1.165, 1.54) is 6.07 Å². The molecule has 1 heterocycles. The van der Waals surface area contributed by atoms with E-state index >= 15 is 0 Å². The Kier molecular flexibility index (Phi) is 5.08. The molecule has 0 bridgehead atoms. The molecular formula is C18H19BrFNO2S. The van der Waals surface area contributed by atoms with Gasteiger partial charge in [-0.15, -0.1) is 0 Å². The van der Waals surface area contributed by atoms with Crippen molar-refractivity contribution in [3.8, 4) is 0 Å². The summed E-state index contributed by atoms with van der Waals surface area (Å²) in [6.45, 7) is 2.23. The second-order valence-corrected chi connectivity index (χ2v) is 9.43. The average molecular weight is 412 g/mol. The van der Waals surface area contributed by atoms with Crippen LogP contribution in [0.3, 0.4) is 0 Å². The zero-order chi connectivity index (χ0) is 17.3. The van der Waals surface area contributed by atoms with Gasteiger partial charge in [0.2, 0.25) is 0 Å². The van der Waals surface area contributed by atoms with Crippen LogP contribution >= 0.6 is 15.9 Å². The van der Waals surface area contributed by atoms with Crippen molar-refractivity contribution in [2.24, 2.45) is 0 Å². The largest absolute Gasteiger partial charge is 0.311 e. The highest BCUT2D eigenvalue weighted by Gasteiger charge is 2.42. The molecule has 0 amide bonds. The Balaban J connectivity index is 1.93. The molecule has 128 valence electrons. The summed E-state index contributed by atoms with van der Waals surface area (Å²) in [7, 11) is -3.43. The SMILES string of the molecule is C[C@@H]1NCC(c2ccccc2)S(=O)(=O)C1Cc1ccc(Br)cc1F. The van der Waals surface area contributed by atoms with Crippen molar-refractivity contribution >= 4 is 25.8 Å². The van der Waals surface area contributed by atoms with Crippen molar-refractivity contribution in [3.63, 3.8) is 0 Å². The van der Waals surface area contributed by atoms with Crippen LogP contribution in [0, 0.1) is 5.82 Å². The Morgan fingerprint density at radius 1 is 1.21 bits per heavy atom. The van der Waals surface area contributed by atoms with Crippen LogP contribution in [0.5, 0.6) is 0 Å². The molecule has 1 saturated heterocycles. The van der Waals surface area contributed by atoms with Crippen molar-refractivity contribution in [2.75, 3.05) is 6.54 Å². The molecule has 3 atom stereocenters. The quantitative estimate of drug-likeness (QED) is 0.838. The number of sulfone groups is 1. The molecule has 0 aliphatic carbocycles.